The Hall–Kier alpha value is -0.810. The van der Waals surface area contributed by atoms with Gasteiger partial charge in [-0.2, -0.15) is 0 Å². The predicted molar refractivity (Wildman–Crippen MR) is 83.6 cm³/mol. The molecule has 6 heteroatoms. The number of piperidine rings is 2. The second-order valence-electron chi connectivity index (χ2n) is 6.57. The maximum Gasteiger partial charge on any atom is 0.320 e. The van der Waals surface area contributed by atoms with E-state index in [9.17, 15) is 14.7 Å². The Morgan fingerprint density at radius 3 is 2.33 bits per heavy atom. The van der Waals surface area contributed by atoms with Gasteiger partial charge in [-0.05, 0) is 37.6 Å². The summed E-state index contributed by atoms with van der Waals surface area (Å²) in [6, 6.07) is -0.479. The van der Waals surface area contributed by atoms with E-state index in [1.165, 1.54) is 6.42 Å². The van der Waals surface area contributed by atoms with E-state index in [-0.39, 0.29) is 24.9 Å². The molecule has 0 bridgehead atoms. The maximum atomic E-state index is 12.4. The van der Waals surface area contributed by atoms with Crippen molar-refractivity contribution in [2.45, 2.75) is 45.6 Å². The Kier molecular flexibility index (Phi) is 6.94. The van der Waals surface area contributed by atoms with Crippen LogP contribution in [0.15, 0.2) is 0 Å². The van der Waals surface area contributed by atoms with Crippen LogP contribution in [0.2, 0.25) is 0 Å². The van der Waals surface area contributed by atoms with Crippen LogP contribution in [-0.4, -0.2) is 59.0 Å². The van der Waals surface area contributed by atoms with Crippen molar-refractivity contribution in [3.05, 3.63) is 0 Å². The van der Waals surface area contributed by atoms with Gasteiger partial charge in [-0.1, -0.05) is 20.3 Å². The summed E-state index contributed by atoms with van der Waals surface area (Å²) in [5.41, 5.74) is 0. The average molecular weight is 319 g/mol. The van der Waals surface area contributed by atoms with E-state index in [2.05, 4.69) is 13.8 Å². The Balaban J connectivity index is 0.00000220. The Morgan fingerprint density at radius 2 is 1.76 bits per heavy atom. The Morgan fingerprint density at radius 1 is 1.14 bits per heavy atom. The van der Waals surface area contributed by atoms with Crippen molar-refractivity contribution in [3.63, 3.8) is 0 Å². The average Bonchev–Trinajstić information content (AvgIpc) is 2.37. The number of likely N-dealkylation sites (tertiary alicyclic amines) is 2. The van der Waals surface area contributed by atoms with E-state index in [0.717, 1.165) is 32.5 Å². The minimum atomic E-state index is -0.794. The zero-order valence-electron chi connectivity index (χ0n) is 13.0. The normalized spacial score (nSPS) is 30.6. The molecule has 2 saturated heterocycles. The summed E-state index contributed by atoms with van der Waals surface area (Å²) < 4.78 is 0. The summed E-state index contributed by atoms with van der Waals surface area (Å²) in [6.45, 7) is 6.97. The van der Waals surface area contributed by atoms with Gasteiger partial charge < -0.3 is 10.0 Å². The largest absolute Gasteiger partial charge is 0.480 e. The van der Waals surface area contributed by atoms with Crippen LogP contribution in [0.4, 0.5) is 0 Å². The molecule has 2 fully saturated rings. The van der Waals surface area contributed by atoms with Gasteiger partial charge in [-0.15, -0.1) is 12.4 Å². The molecular formula is C15H27ClN2O3. The number of carbonyl (C=O) groups is 2. The van der Waals surface area contributed by atoms with Crippen molar-refractivity contribution in [3.8, 4) is 0 Å². The summed E-state index contributed by atoms with van der Waals surface area (Å²) in [4.78, 5) is 27.4. The molecule has 0 spiro atoms. The molecule has 122 valence electrons. The van der Waals surface area contributed by atoms with Crippen LogP contribution in [0.1, 0.15) is 39.5 Å². The fraction of sp³-hybridized carbons (Fsp3) is 0.867. The van der Waals surface area contributed by atoms with Gasteiger partial charge in [0.25, 0.3) is 0 Å². The molecule has 0 saturated carbocycles. The minimum absolute atomic E-state index is 0. The molecule has 2 aliphatic rings. The molecule has 0 radical (unpaired) electrons. The zero-order valence-corrected chi connectivity index (χ0v) is 13.8. The third-order valence-electron chi connectivity index (χ3n) is 4.46. The van der Waals surface area contributed by atoms with Gasteiger partial charge in [0.1, 0.15) is 6.04 Å². The number of carbonyl (C=O) groups excluding carboxylic acids is 1. The molecule has 0 aromatic heterocycles. The van der Waals surface area contributed by atoms with Crippen LogP contribution in [0.5, 0.6) is 0 Å². The number of rotatable bonds is 3. The van der Waals surface area contributed by atoms with Crippen molar-refractivity contribution >= 4 is 24.3 Å². The van der Waals surface area contributed by atoms with E-state index < -0.39 is 12.0 Å². The lowest BCUT2D eigenvalue weighted by molar-refractivity contribution is -0.146. The fourth-order valence-corrected chi connectivity index (χ4v) is 3.60. The van der Waals surface area contributed by atoms with Gasteiger partial charge in [-0.25, -0.2) is 0 Å². The maximum absolute atomic E-state index is 12.4. The third-order valence-corrected chi connectivity index (χ3v) is 4.46. The first kappa shape index (κ1) is 18.2. The Bertz CT molecular complexity index is 368. The van der Waals surface area contributed by atoms with Crippen molar-refractivity contribution in [2.24, 2.45) is 11.8 Å². The van der Waals surface area contributed by atoms with Gasteiger partial charge in [-0.3, -0.25) is 14.5 Å². The van der Waals surface area contributed by atoms with Gasteiger partial charge in [0, 0.05) is 13.1 Å². The van der Waals surface area contributed by atoms with E-state index in [4.69, 9.17) is 0 Å². The smallest absolute Gasteiger partial charge is 0.320 e. The zero-order chi connectivity index (χ0) is 14.7. The van der Waals surface area contributed by atoms with Crippen LogP contribution < -0.4 is 0 Å². The van der Waals surface area contributed by atoms with E-state index in [1.54, 1.807) is 0 Å². The van der Waals surface area contributed by atoms with Gasteiger partial charge in [0.05, 0.1) is 6.54 Å². The number of halogens is 1. The summed E-state index contributed by atoms with van der Waals surface area (Å²) in [6.07, 6.45) is 3.77. The summed E-state index contributed by atoms with van der Waals surface area (Å²) in [5.74, 6) is 0.382. The first-order valence-electron chi connectivity index (χ1n) is 7.72. The number of aliphatic carboxylic acids is 1. The van der Waals surface area contributed by atoms with Gasteiger partial charge in [0.15, 0.2) is 0 Å². The molecule has 3 atom stereocenters. The van der Waals surface area contributed by atoms with Crippen molar-refractivity contribution in [1.82, 2.24) is 9.80 Å². The lowest BCUT2D eigenvalue weighted by Gasteiger charge is -2.38. The molecule has 2 rings (SSSR count). The van der Waals surface area contributed by atoms with E-state index >= 15 is 0 Å². The number of nitrogens with zero attached hydrogens (tertiary/aromatic N) is 2. The summed E-state index contributed by atoms with van der Waals surface area (Å²) in [7, 11) is 0. The molecule has 21 heavy (non-hydrogen) atoms. The number of amides is 1. The first-order chi connectivity index (χ1) is 9.47. The van der Waals surface area contributed by atoms with Gasteiger partial charge >= 0.3 is 5.97 Å². The van der Waals surface area contributed by atoms with Crippen molar-refractivity contribution < 1.29 is 14.7 Å². The van der Waals surface area contributed by atoms with Crippen molar-refractivity contribution in [1.29, 1.82) is 0 Å². The van der Waals surface area contributed by atoms with Crippen LogP contribution in [0, 0.1) is 11.8 Å². The number of carboxylic acids is 1. The highest BCUT2D eigenvalue weighted by Crippen LogP contribution is 2.22. The highest BCUT2D eigenvalue weighted by atomic mass is 35.5. The van der Waals surface area contributed by atoms with Gasteiger partial charge in [0.2, 0.25) is 5.91 Å². The molecule has 3 unspecified atom stereocenters. The topological polar surface area (TPSA) is 60.9 Å². The molecular weight excluding hydrogens is 292 g/mol. The molecule has 2 heterocycles. The van der Waals surface area contributed by atoms with Crippen LogP contribution in [-0.2, 0) is 9.59 Å². The quantitative estimate of drug-likeness (QED) is 0.862. The summed E-state index contributed by atoms with van der Waals surface area (Å²) in [5, 5.41) is 9.25. The molecule has 5 nitrogen and oxygen atoms in total. The second-order valence-corrected chi connectivity index (χ2v) is 6.57. The molecule has 0 aromatic rings. The number of hydrogen-bond donors (Lipinski definition) is 1. The standard InChI is InChI=1S/C15H26N2O3.ClH/c1-11-7-12(2)9-17(8-11)14(18)10-16-6-4-3-5-13(16)15(19)20;/h11-13H,3-10H2,1-2H3,(H,19,20);1H. The summed E-state index contributed by atoms with van der Waals surface area (Å²) >= 11 is 0. The predicted octanol–water partition coefficient (Wildman–Crippen LogP) is 1.85. The fourth-order valence-electron chi connectivity index (χ4n) is 3.60. The highest BCUT2D eigenvalue weighted by molar-refractivity contribution is 5.85. The Labute approximate surface area is 133 Å². The molecule has 2 aliphatic heterocycles. The van der Waals surface area contributed by atoms with Crippen LogP contribution in [0.25, 0.3) is 0 Å². The van der Waals surface area contributed by atoms with E-state index in [0.29, 0.717) is 18.3 Å². The third kappa shape index (κ3) is 4.85. The first-order valence-corrected chi connectivity index (χ1v) is 7.72. The number of carboxylic acid groups (broad SMARTS) is 1. The SMILES string of the molecule is CC1CC(C)CN(C(=O)CN2CCCCC2C(=O)O)C1.Cl. The van der Waals surface area contributed by atoms with E-state index in [1.807, 2.05) is 9.80 Å². The number of hydrogen-bond acceptors (Lipinski definition) is 3. The van der Waals surface area contributed by atoms with Crippen LogP contribution in [0.3, 0.4) is 0 Å². The second kappa shape index (κ2) is 7.99. The highest BCUT2D eigenvalue weighted by Gasteiger charge is 2.32. The molecule has 0 aromatic carbocycles. The molecule has 1 N–H and O–H groups in total. The molecule has 1 amide bonds. The van der Waals surface area contributed by atoms with Crippen LogP contribution >= 0.6 is 12.4 Å². The van der Waals surface area contributed by atoms with Crippen molar-refractivity contribution in [2.75, 3.05) is 26.2 Å². The lowest BCUT2D eigenvalue weighted by atomic mass is 9.92. The molecule has 0 aliphatic carbocycles. The lowest BCUT2D eigenvalue weighted by Crippen LogP contribution is -2.52. The monoisotopic (exact) mass is 318 g/mol. The minimum Gasteiger partial charge on any atom is -0.480 e.